The number of fused-ring (bicyclic) bond motifs is 2. The Kier molecular flexibility index (Phi) is 8.38. The summed E-state index contributed by atoms with van der Waals surface area (Å²) in [6.07, 6.45) is 17.2. The van der Waals surface area contributed by atoms with Gasteiger partial charge in [0.1, 0.15) is 5.75 Å². The number of benzene rings is 1. The molecular formula is C42H57NO3. The van der Waals surface area contributed by atoms with Gasteiger partial charge in [-0.25, -0.2) is 0 Å². The molecule has 248 valence electrons. The number of carbonyl (C=O) groups excluding carboxylic acids is 2. The Bertz CT molecular complexity index is 1550. The van der Waals surface area contributed by atoms with Gasteiger partial charge in [-0.3, -0.25) is 9.59 Å². The van der Waals surface area contributed by atoms with Crippen molar-refractivity contribution < 1.29 is 14.7 Å². The molecule has 8 atom stereocenters. The fourth-order valence-electron chi connectivity index (χ4n) is 11.1. The lowest BCUT2D eigenvalue weighted by Crippen LogP contribution is -2.51. The lowest BCUT2D eigenvalue weighted by Gasteiger charge is -2.59. The van der Waals surface area contributed by atoms with Gasteiger partial charge in [0.05, 0.1) is 5.70 Å². The molecule has 0 aliphatic heterocycles. The average molecular weight is 624 g/mol. The molecule has 2 unspecified atom stereocenters. The van der Waals surface area contributed by atoms with Crippen LogP contribution in [0.5, 0.6) is 5.75 Å². The summed E-state index contributed by atoms with van der Waals surface area (Å²) >= 11 is 0. The second-order valence-corrected chi connectivity index (χ2v) is 17.1. The van der Waals surface area contributed by atoms with Gasteiger partial charge in [-0.15, -0.1) is 0 Å². The van der Waals surface area contributed by atoms with Crippen LogP contribution < -0.4 is 5.32 Å². The summed E-state index contributed by atoms with van der Waals surface area (Å²) in [6, 6.07) is 5.56. The Labute approximate surface area is 277 Å². The monoisotopic (exact) mass is 623 g/mol. The predicted molar refractivity (Wildman–Crippen MR) is 188 cm³/mol. The summed E-state index contributed by atoms with van der Waals surface area (Å²) in [5.74, 6) is 2.06. The molecule has 0 heterocycles. The van der Waals surface area contributed by atoms with E-state index in [9.17, 15) is 14.7 Å². The largest absolute Gasteiger partial charge is 0.508 e. The van der Waals surface area contributed by atoms with E-state index >= 15 is 0 Å². The van der Waals surface area contributed by atoms with Gasteiger partial charge in [0.2, 0.25) is 5.78 Å². The number of phenols is 1. The Morgan fingerprint density at radius 2 is 1.54 bits per heavy atom. The first-order chi connectivity index (χ1) is 21.6. The lowest BCUT2D eigenvalue weighted by molar-refractivity contribution is -0.116. The van der Waals surface area contributed by atoms with E-state index in [0.717, 1.165) is 49.8 Å². The van der Waals surface area contributed by atoms with E-state index in [1.807, 2.05) is 12.1 Å². The van der Waals surface area contributed by atoms with Crippen molar-refractivity contribution in [2.75, 3.05) is 5.32 Å². The lowest BCUT2D eigenvalue weighted by atomic mass is 9.46. The Balaban J connectivity index is 1.23. The first-order valence-corrected chi connectivity index (χ1v) is 18.1. The zero-order chi connectivity index (χ0) is 33.2. The van der Waals surface area contributed by atoms with Gasteiger partial charge >= 0.3 is 0 Å². The minimum absolute atomic E-state index is 0.0194. The van der Waals surface area contributed by atoms with Gasteiger partial charge in [0, 0.05) is 17.3 Å². The van der Waals surface area contributed by atoms with Crippen molar-refractivity contribution in [3.05, 3.63) is 71.0 Å². The van der Waals surface area contributed by atoms with Crippen LogP contribution >= 0.6 is 0 Å². The van der Waals surface area contributed by atoms with Crippen molar-refractivity contribution in [3.63, 3.8) is 0 Å². The molecule has 46 heavy (non-hydrogen) atoms. The fourth-order valence-corrected chi connectivity index (χ4v) is 11.1. The number of hydrogen-bond donors (Lipinski definition) is 2. The number of ketones is 2. The summed E-state index contributed by atoms with van der Waals surface area (Å²) in [6.45, 7) is 21.2. The van der Waals surface area contributed by atoms with Crippen LogP contribution in [0.25, 0.3) is 0 Å². The highest BCUT2D eigenvalue weighted by molar-refractivity contribution is 6.21. The third-order valence-corrected chi connectivity index (χ3v) is 14.8. The molecule has 1 aromatic rings. The van der Waals surface area contributed by atoms with Gasteiger partial charge in [-0.1, -0.05) is 65.3 Å². The topological polar surface area (TPSA) is 66.4 Å². The normalized spacial score (nSPS) is 39.5. The van der Waals surface area contributed by atoms with E-state index in [0.29, 0.717) is 47.1 Å². The van der Waals surface area contributed by atoms with Crippen molar-refractivity contribution in [2.45, 2.75) is 119 Å². The number of rotatable bonds is 6. The van der Waals surface area contributed by atoms with Gasteiger partial charge in [0.15, 0.2) is 5.78 Å². The molecule has 3 fully saturated rings. The van der Waals surface area contributed by atoms with E-state index in [1.54, 1.807) is 12.1 Å². The van der Waals surface area contributed by atoms with Crippen LogP contribution in [0, 0.1) is 45.3 Å². The predicted octanol–water partition coefficient (Wildman–Crippen LogP) is 10.3. The zero-order valence-electron chi connectivity index (χ0n) is 29.5. The van der Waals surface area contributed by atoms with Crippen molar-refractivity contribution in [2.24, 2.45) is 45.3 Å². The molecule has 0 saturated heterocycles. The Hall–Kier alpha value is -2.88. The molecule has 0 amide bonds. The third kappa shape index (κ3) is 5.27. The standard InChI is InChI=1S/C42H57NO3/c1-26-11-9-13-36-39(26,5)19-17-28(3)41(36,7)24-30-21-32(15-16-35(30)45)43-34-23-33(44)22-31(38(34)46)25-42(8)29(4)18-20-40(6)27(2)12-10-14-37(40)42/h12,15-16,21-23,28-29,36-37,43,45H,1,9-11,13-14,17-20,24-25H2,2-8H3/t28-,29-,36?,37?,39-,40-,41+,42+/m1/s1. The number of hydrogen-bond acceptors (Lipinski definition) is 4. The van der Waals surface area contributed by atoms with E-state index in [-0.39, 0.29) is 33.2 Å². The second kappa shape index (κ2) is 11.7. The highest BCUT2D eigenvalue weighted by Crippen LogP contribution is 2.63. The number of nitrogens with one attached hydrogen (secondary N) is 1. The van der Waals surface area contributed by atoms with E-state index in [2.05, 4.69) is 66.4 Å². The molecular weight excluding hydrogens is 566 g/mol. The summed E-state index contributed by atoms with van der Waals surface area (Å²) in [5, 5.41) is 14.4. The molecule has 2 N–H and O–H groups in total. The van der Waals surface area contributed by atoms with Crippen LogP contribution in [0.4, 0.5) is 5.69 Å². The Morgan fingerprint density at radius 1 is 0.891 bits per heavy atom. The third-order valence-electron chi connectivity index (χ3n) is 14.8. The number of carbonyl (C=O) groups is 2. The number of Topliss-reactive ketones (excluding diaryl/α,β-unsaturated/α-hetero) is 1. The van der Waals surface area contributed by atoms with E-state index in [1.165, 1.54) is 42.9 Å². The van der Waals surface area contributed by atoms with Crippen LogP contribution in [-0.2, 0) is 16.0 Å². The highest BCUT2D eigenvalue weighted by atomic mass is 16.3. The minimum atomic E-state index is -0.133. The molecule has 5 aliphatic rings. The summed E-state index contributed by atoms with van der Waals surface area (Å²) in [4.78, 5) is 27.2. The number of aromatic hydroxyl groups is 1. The van der Waals surface area contributed by atoms with Crippen molar-refractivity contribution in [3.8, 4) is 5.75 Å². The molecule has 4 heteroatoms. The fraction of sp³-hybridized carbons (Fsp3) is 0.619. The van der Waals surface area contributed by atoms with Gasteiger partial charge in [0.25, 0.3) is 0 Å². The second-order valence-electron chi connectivity index (χ2n) is 17.1. The smallest absolute Gasteiger partial charge is 0.205 e. The first kappa shape index (κ1) is 33.0. The SMILES string of the molecule is C=C1CCCC2[C@]1(C)CC[C@@H](C)[C@]2(C)Cc1cc(NC2=CC(=O)C=C(C[C@]3(C)C4CCC=C(C)[C@@]4(C)CC[C@H]3C)C2=O)ccc1O. The van der Waals surface area contributed by atoms with Crippen molar-refractivity contribution >= 4 is 17.3 Å². The maximum atomic E-state index is 14.1. The first-order valence-electron chi connectivity index (χ1n) is 18.1. The number of allylic oxidation sites excluding steroid dienone is 6. The Morgan fingerprint density at radius 3 is 2.26 bits per heavy atom. The van der Waals surface area contributed by atoms with E-state index < -0.39 is 0 Å². The van der Waals surface area contributed by atoms with E-state index in [4.69, 9.17) is 0 Å². The molecule has 5 aliphatic carbocycles. The maximum absolute atomic E-state index is 14.1. The van der Waals surface area contributed by atoms with Crippen LogP contribution in [0.1, 0.15) is 118 Å². The van der Waals surface area contributed by atoms with Crippen LogP contribution in [0.15, 0.2) is 65.4 Å². The highest BCUT2D eigenvalue weighted by Gasteiger charge is 2.55. The van der Waals surface area contributed by atoms with Gasteiger partial charge < -0.3 is 10.4 Å². The maximum Gasteiger partial charge on any atom is 0.205 e. The molecule has 0 aromatic heterocycles. The number of anilines is 1. The summed E-state index contributed by atoms with van der Waals surface area (Å²) < 4.78 is 0. The van der Waals surface area contributed by atoms with Crippen LogP contribution in [0.2, 0.25) is 0 Å². The van der Waals surface area contributed by atoms with Crippen molar-refractivity contribution in [1.29, 1.82) is 0 Å². The van der Waals surface area contributed by atoms with Crippen LogP contribution in [-0.4, -0.2) is 16.7 Å². The van der Waals surface area contributed by atoms with Gasteiger partial charge in [-0.2, -0.15) is 0 Å². The van der Waals surface area contributed by atoms with Gasteiger partial charge in [-0.05, 0) is 153 Å². The average Bonchev–Trinajstić information content (AvgIpc) is 3.00. The zero-order valence-corrected chi connectivity index (χ0v) is 29.5. The summed E-state index contributed by atoms with van der Waals surface area (Å²) in [5.41, 5.74) is 5.73. The minimum Gasteiger partial charge on any atom is -0.508 e. The molecule has 4 nitrogen and oxygen atoms in total. The summed E-state index contributed by atoms with van der Waals surface area (Å²) in [7, 11) is 0. The molecule has 0 spiro atoms. The molecule has 3 saturated carbocycles. The quantitative estimate of drug-likeness (QED) is 0.188. The molecule has 0 bridgehead atoms. The number of phenolic OH excluding ortho intramolecular Hbond substituents is 1. The van der Waals surface area contributed by atoms with Crippen molar-refractivity contribution in [1.82, 2.24) is 0 Å². The molecule has 0 radical (unpaired) electrons. The molecule has 6 rings (SSSR count). The molecule has 1 aromatic carbocycles. The van der Waals surface area contributed by atoms with Crippen LogP contribution in [0.3, 0.4) is 0 Å².